The highest BCUT2D eigenvalue weighted by atomic mass is 16.2. The van der Waals surface area contributed by atoms with Crippen LogP contribution in [-0.2, 0) is 9.59 Å². The van der Waals surface area contributed by atoms with E-state index in [2.05, 4.69) is 12.2 Å². The molecule has 19 heavy (non-hydrogen) atoms. The van der Waals surface area contributed by atoms with E-state index in [0.29, 0.717) is 6.42 Å². The zero-order valence-electron chi connectivity index (χ0n) is 11.8. The van der Waals surface area contributed by atoms with Crippen LogP contribution in [0.4, 0.5) is 0 Å². The van der Waals surface area contributed by atoms with Crippen molar-refractivity contribution in [2.45, 2.75) is 64.3 Å². The lowest BCUT2D eigenvalue weighted by Gasteiger charge is -2.21. The number of nitrogens with one attached hydrogen (secondary N) is 1. The number of hydrogen-bond acceptors (Lipinski definition) is 3. The summed E-state index contributed by atoms with van der Waals surface area (Å²) in [5.41, 5.74) is 0. The van der Waals surface area contributed by atoms with Crippen molar-refractivity contribution in [3.05, 3.63) is 11.9 Å². The summed E-state index contributed by atoms with van der Waals surface area (Å²) in [6.45, 7) is 3.07. The van der Waals surface area contributed by atoms with Crippen molar-refractivity contribution in [1.82, 2.24) is 10.2 Å². The van der Waals surface area contributed by atoms with Gasteiger partial charge in [0, 0.05) is 19.0 Å². The van der Waals surface area contributed by atoms with Crippen LogP contribution in [0.1, 0.15) is 58.3 Å². The summed E-state index contributed by atoms with van der Waals surface area (Å²) in [5.74, 6) is 0.921. The number of amides is 1. The lowest BCUT2D eigenvalue weighted by Crippen LogP contribution is -2.35. The van der Waals surface area contributed by atoms with E-state index >= 15 is 0 Å². The lowest BCUT2D eigenvalue weighted by atomic mass is 10.1. The van der Waals surface area contributed by atoms with Gasteiger partial charge >= 0.3 is 0 Å². The number of nitrogens with zero attached hydrogens (tertiary/aromatic N) is 1. The molecule has 0 aliphatic carbocycles. The van der Waals surface area contributed by atoms with Crippen LogP contribution < -0.4 is 5.32 Å². The minimum atomic E-state index is -0.000135. The van der Waals surface area contributed by atoms with E-state index in [0.717, 1.165) is 38.0 Å². The monoisotopic (exact) mass is 264 g/mol. The van der Waals surface area contributed by atoms with Gasteiger partial charge in [0.2, 0.25) is 5.91 Å². The second-order valence-electron chi connectivity index (χ2n) is 5.50. The van der Waals surface area contributed by atoms with E-state index < -0.39 is 0 Å². The van der Waals surface area contributed by atoms with Crippen LogP contribution in [0, 0.1) is 0 Å². The van der Waals surface area contributed by atoms with E-state index in [9.17, 15) is 9.59 Å². The van der Waals surface area contributed by atoms with Gasteiger partial charge in [-0.1, -0.05) is 32.6 Å². The summed E-state index contributed by atoms with van der Waals surface area (Å²) >= 11 is 0. The van der Waals surface area contributed by atoms with Crippen LogP contribution >= 0.6 is 0 Å². The largest absolute Gasteiger partial charge is 0.348 e. The summed E-state index contributed by atoms with van der Waals surface area (Å²) < 4.78 is 0. The van der Waals surface area contributed by atoms with Gasteiger partial charge in [0.05, 0.1) is 6.04 Å². The molecular weight excluding hydrogens is 240 g/mol. The Morgan fingerprint density at radius 2 is 2.16 bits per heavy atom. The van der Waals surface area contributed by atoms with Gasteiger partial charge < -0.3 is 10.2 Å². The normalized spacial score (nSPS) is 21.5. The Balaban J connectivity index is 1.71. The molecule has 0 spiro atoms. The molecule has 1 amide bonds. The van der Waals surface area contributed by atoms with Gasteiger partial charge in [-0.15, -0.1) is 0 Å². The molecule has 1 saturated heterocycles. The maximum Gasteiger partial charge on any atom is 0.225 e. The third kappa shape index (κ3) is 3.58. The SMILES string of the molecule is CCCCCCCC(=O)NC1=CC(=O)[C@H]2CCCN12. The first-order valence-electron chi connectivity index (χ1n) is 7.54. The van der Waals surface area contributed by atoms with Crippen molar-refractivity contribution in [3.63, 3.8) is 0 Å². The molecule has 0 aromatic heterocycles. The van der Waals surface area contributed by atoms with Crippen molar-refractivity contribution in [2.75, 3.05) is 6.54 Å². The van der Waals surface area contributed by atoms with E-state index in [1.54, 1.807) is 6.08 Å². The van der Waals surface area contributed by atoms with E-state index in [1.165, 1.54) is 19.3 Å². The molecule has 4 heteroatoms. The average Bonchev–Trinajstić information content (AvgIpc) is 2.95. The Morgan fingerprint density at radius 1 is 1.37 bits per heavy atom. The van der Waals surface area contributed by atoms with Gasteiger partial charge in [-0.3, -0.25) is 9.59 Å². The molecule has 0 unspecified atom stereocenters. The number of hydrogen-bond donors (Lipinski definition) is 1. The topological polar surface area (TPSA) is 49.4 Å². The number of fused-ring (bicyclic) bond motifs is 1. The van der Waals surface area contributed by atoms with E-state index in [1.807, 2.05) is 4.90 Å². The summed E-state index contributed by atoms with van der Waals surface area (Å²) in [6, 6.07) is -0.000135. The van der Waals surface area contributed by atoms with Crippen molar-refractivity contribution in [3.8, 4) is 0 Å². The van der Waals surface area contributed by atoms with Gasteiger partial charge in [0.25, 0.3) is 0 Å². The van der Waals surface area contributed by atoms with Gasteiger partial charge in [0.1, 0.15) is 5.82 Å². The van der Waals surface area contributed by atoms with Crippen molar-refractivity contribution < 1.29 is 9.59 Å². The Bertz CT molecular complexity index is 376. The standard InChI is InChI=1S/C15H24N2O2/c1-2-3-4-5-6-9-15(19)16-14-11-13(18)12-8-7-10-17(12)14/h11-12H,2-10H2,1H3,(H,16,19)/t12-/m1/s1. The fourth-order valence-corrected chi connectivity index (χ4v) is 2.87. The third-order valence-electron chi connectivity index (χ3n) is 3.94. The molecule has 2 rings (SSSR count). The Morgan fingerprint density at radius 3 is 2.95 bits per heavy atom. The number of carbonyl (C=O) groups excluding carboxylic acids is 2. The molecule has 2 aliphatic rings. The maximum absolute atomic E-state index is 11.8. The highest BCUT2D eigenvalue weighted by molar-refractivity contribution is 5.98. The van der Waals surface area contributed by atoms with E-state index in [4.69, 9.17) is 0 Å². The van der Waals surface area contributed by atoms with Gasteiger partial charge in [-0.25, -0.2) is 0 Å². The molecule has 0 bridgehead atoms. The predicted octanol–water partition coefficient (Wildman–Crippen LogP) is 2.35. The highest BCUT2D eigenvalue weighted by Gasteiger charge is 2.36. The smallest absolute Gasteiger partial charge is 0.225 e. The zero-order chi connectivity index (χ0) is 13.7. The number of carbonyl (C=O) groups is 2. The molecule has 1 fully saturated rings. The Labute approximate surface area is 115 Å². The quantitative estimate of drug-likeness (QED) is 0.718. The number of rotatable bonds is 7. The Hall–Kier alpha value is -1.32. The van der Waals surface area contributed by atoms with Gasteiger partial charge in [-0.05, 0) is 19.3 Å². The van der Waals surface area contributed by atoms with Crippen molar-refractivity contribution >= 4 is 11.7 Å². The van der Waals surface area contributed by atoms with Gasteiger partial charge in [-0.2, -0.15) is 0 Å². The lowest BCUT2D eigenvalue weighted by molar-refractivity contribution is -0.121. The van der Waals surface area contributed by atoms with Crippen LogP contribution in [0.15, 0.2) is 11.9 Å². The summed E-state index contributed by atoms with van der Waals surface area (Å²) in [7, 11) is 0. The molecule has 1 atom stereocenters. The van der Waals surface area contributed by atoms with Crippen LogP contribution in [0.3, 0.4) is 0 Å². The van der Waals surface area contributed by atoms with Crippen LogP contribution in [0.2, 0.25) is 0 Å². The second kappa shape index (κ2) is 6.73. The molecule has 4 nitrogen and oxygen atoms in total. The molecule has 106 valence electrons. The molecular formula is C15H24N2O2. The molecule has 0 aromatic carbocycles. The first-order chi connectivity index (χ1) is 9.22. The fourth-order valence-electron chi connectivity index (χ4n) is 2.87. The third-order valence-corrected chi connectivity index (χ3v) is 3.94. The molecule has 2 heterocycles. The molecule has 0 radical (unpaired) electrons. The molecule has 0 saturated carbocycles. The highest BCUT2D eigenvalue weighted by Crippen LogP contribution is 2.27. The first kappa shape index (κ1) is 14.1. The maximum atomic E-state index is 11.8. The van der Waals surface area contributed by atoms with Crippen LogP contribution in [-0.4, -0.2) is 29.2 Å². The van der Waals surface area contributed by atoms with Crippen molar-refractivity contribution in [1.29, 1.82) is 0 Å². The predicted molar refractivity (Wildman–Crippen MR) is 74.3 cm³/mol. The van der Waals surface area contributed by atoms with Crippen LogP contribution in [0.25, 0.3) is 0 Å². The average molecular weight is 264 g/mol. The number of ketones is 1. The zero-order valence-corrected chi connectivity index (χ0v) is 11.8. The first-order valence-corrected chi connectivity index (χ1v) is 7.54. The Kier molecular flexibility index (Phi) is 5.00. The van der Waals surface area contributed by atoms with Crippen LogP contribution in [0.5, 0.6) is 0 Å². The minimum absolute atomic E-state index is 0.000135. The second-order valence-corrected chi connectivity index (χ2v) is 5.50. The molecule has 1 N–H and O–H groups in total. The van der Waals surface area contributed by atoms with E-state index in [-0.39, 0.29) is 17.7 Å². The fraction of sp³-hybridized carbons (Fsp3) is 0.733. The molecule has 0 aromatic rings. The molecule has 2 aliphatic heterocycles. The minimum Gasteiger partial charge on any atom is -0.348 e. The summed E-state index contributed by atoms with van der Waals surface area (Å²) in [6.07, 6.45) is 9.86. The summed E-state index contributed by atoms with van der Waals surface area (Å²) in [5, 5.41) is 2.90. The van der Waals surface area contributed by atoms with Gasteiger partial charge in [0.15, 0.2) is 5.78 Å². The summed E-state index contributed by atoms with van der Waals surface area (Å²) in [4.78, 5) is 25.6. The van der Waals surface area contributed by atoms with Crippen molar-refractivity contribution in [2.24, 2.45) is 0 Å². The number of unbranched alkanes of at least 4 members (excludes halogenated alkanes) is 4.